The summed E-state index contributed by atoms with van der Waals surface area (Å²) in [5.74, 6) is -0.137. The zero-order valence-corrected chi connectivity index (χ0v) is 15.0. The summed E-state index contributed by atoms with van der Waals surface area (Å²) in [6.45, 7) is 4.86. The number of nitrogens with zero attached hydrogens (tertiary/aromatic N) is 2. The summed E-state index contributed by atoms with van der Waals surface area (Å²) in [5, 5.41) is 2.72. The molecule has 1 aliphatic heterocycles. The molecule has 0 atom stereocenters. The predicted molar refractivity (Wildman–Crippen MR) is 99.8 cm³/mol. The van der Waals surface area contributed by atoms with Crippen LogP contribution in [0, 0.1) is 11.6 Å². The largest absolute Gasteiger partial charge is 0.492 e. The number of hydrogen-bond donors (Lipinski definition) is 1. The Morgan fingerprint density at radius 2 is 1.67 bits per heavy atom. The molecule has 0 radical (unpaired) electrons. The van der Waals surface area contributed by atoms with Gasteiger partial charge in [0, 0.05) is 38.4 Å². The lowest BCUT2D eigenvalue weighted by Crippen LogP contribution is -2.49. The number of carbonyl (C=O) groups is 1. The molecule has 1 N–H and O–H groups in total. The van der Waals surface area contributed by atoms with E-state index in [1.807, 2.05) is 0 Å². The van der Waals surface area contributed by atoms with Crippen LogP contribution in [0.1, 0.15) is 0 Å². The third-order valence-electron chi connectivity index (χ3n) is 4.43. The van der Waals surface area contributed by atoms with Gasteiger partial charge in [-0.3, -0.25) is 14.6 Å². The third-order valence-corrected chi connectivity index (χ3v) is 4.43. The van der Waals surface area contributed by atoms with Crippen molar-refractivity contribution >= 4 is 11.6 Å². The van der Waals surface area contributed by atoms with E-state index in [2.05, 4.69) is 15.1 Å². The first-order chi connectivity index (χ1) is 13.1. The van der Waals surface area contributed by atoms with Gasteiger partial charge in [-0.15, -0.1) is 0 Å². The number of benzene rings is 2. The standard InChI is InChI=1S/C20H23F2N3O2/c21-16-4-6-19(7-5-16)27-13-12-24-8-10-25(11-9-24)15-20(26)23-18-3-1-2-17(22)14-18/h1-7,14H,8-13,15H2,(H,23,26). The lowest BCUT2D eigenvalue weighted by Gasteiger charge is -2.34. The maximum atomic E-state index is 13.2. The molecule has 0 unspecified atom stereocenters. The van der Waals surface area contributed by atoms with Crippen LogP contribution in [0.15, 0.2) is 48.5 Å². The molecule has 5 nitrogen and oxygen atoms in total. The number of hydrogen-bond acceptors (Lipinski definition) is 4. The average molecular weight is 375 g/mol. The van der Waals surface area contributed by atoms with Crippen LogP contribution < -0.4 is 10.1 Å². The highest BCUT2D eigenvalue weighted by atomic mass is 19.1. The van der Waals surface area contributed by atoms with E-state index >= 15 is 0 Å². The molecule has 0 aromatic heterocycles. The third kappa shape index (κ3) is 6.30. The summed E-state index contributed by atoms with van der Waals surface area (Å²) in [6.07, 6.45) is 0. The van der Waals surface area contributed by atoms with Crippen molar-refractivity contribution in [3.05, 3.63) is 60.2 Å². The Balaban J connectivity index is 1.33. The molecule has 3 rings (SSSR count). The lowest BCUT2D eigenvalue weighted by atomic mass is 10.3. The number of rotatable bonds is 7. The molecule has 0 saturated carbocycles. The smallest absolute Gasteiger partial charge is 0.238 e. The van der Waals surface area contributed by atoms with E-state index in [9.17, 15) is 13.6 Å². The molecule has 7 heteroatoms. The van der Waals surface area contributed by atoms with E-state index in [1.54, 1.807) is 24.3 Å². The topological polar surface area (TPSA) is 44.8 Å². The van der Waals surface area contributed by atoms with Crippen molar-refractivity contribution in [2.75, 3.05) is 51.2 Å². The summed E-state index contributed by atoms with van der Waals surface area (Å²) in [4.78, 5) is 16.4. The van der Waals surface area contributed by atoms with Crippen LogP contribution in [0.2, 0.25) is 0 Å². The number of nitrogens with one attached hydrogen (secondary N) is 1. The molecule has 2 aromatic rings. The van der Waals surface area contributed by atoms with Crippen LogP contribution in [0.4, 0.5) is 14.5 Å². The molecular weight excluding hydrogens is 352 g/mol. The minimum Gasteiger partial charge on any atom is -0.492 e. The predicted octanol–water partition coefficient (Wildman–Crippen LogP) is 2.60. The fourth-order valence-corrected chi connectivity index (χ4v) is 2.96. The molecule has 1 saturated heterocycles. The minimum atomic E-state index is -0.371. The summed E-state index contributed by atoms with van der Waals surface area (Å²) >= 11 is 0. The molecule has 0 bridgehead atoms. The first kappa shape index (κ1) is 19.3. The van der Waals surface area contributed by atoms with Gasteiger partial charge >= 0.3 is 0 Å². The van der Waals surface area contributed by atoms with Crippen LogP contribution in [-0.4, -0.2) is 61.6 Å². The second kappa shape index (κ2) is 9.43. The van der Waals surface area contributed by atoms with Crippen LogP contribution in [0.3, 0.4) is 0 Å². The van der Waals surface area contributed by atoms with E-state index in [-0.39, 0.29) is 24.1 Å². The molecule has 0 spiro atoms. The Morgan fingerprint density at radius 3 is 2.37 bits per heavy atom. The molecule has 1 amide bonds. The molecule has 27 heavy (non-hydrogen) atoms. The average Bonchev–Trinajstić information content (AvgIpc) is 2.65. The van der Waals surface area contributed by atoms with E-state index in [4.69, 9.17) is 4.74 Å². The van der Waals surface area contributed by atoms with E-state index < -0.39 is 0 Å². The Labute approximate surface area is 157 Å². The number of piperazine rings is 1. The van der Waals surface area contributed by atoms with Crippen molar-refractivity contribution in [1.82, 2.24) is 9.80 Å². The van der Waals surface area contributed by atoms with Gasteiger partial charge < -0.3 is 10.1 Å². The lowest BCUT2D eigenvalue weighted by molar-refractivity contribution is -0.117. The summed E-state index contributed by atoms with van der Waals surface area (Å²) in [7, 11) is 0. The molecule has 0 aliphatic carbocycles. The van der Waals surface area contributed by atoms with Gasteiger partial charge in [0.2, 0.25) is 5.91 Å². The highest BCUT2D eigenvalue weighted by Crippen LogP contribution is 2.12. The van der Waals surface area contributed by atoms with Crippen LogP contribution >= 0.6 is 0 Å². The van der Waals surface area contributed by atoms with Crippen molar-refractivity contribution in [2.45, 2.75) is 0 Å². The fraction of sp³-hybridized carbons (Fsp3) is 0.350. The normalized spacial score (nSPS) is 15.5. The van der Waals surface area contributed by atoms with Crippen molar-refractivity contribution in [3.63, 3.8) is 0 Å². The number of carbonyl (C=O) groups excluding carboxylic acids is 1. The minimum absolute atomic E-state index is 0.145. The Bertz CT molecular complexity index is 747. The fourth-order valence-electron chi connectivity index (χ4n) is 2.96. The maximum Gasteiger partial charge on any atom is 0.238 e. The highest BCUT2D eigenvalue weighted by molar-refractivity contribution is 5.92. The number of ether oxygens (including phenoxy) is 1. The van der Waals surface area contributed by atoms with Gasteiger partial charge in [0.05, 0.1) is 6.54 Å². The van der Waals surface area contributed by atoms with Gasteiger partial charge in [0.25, 0.3) is 0 Å². The first-order valence-electron chi connectivity index (χ1n) is 8.97. The van der Waals surface area contributed by atoms with Crippen molar-refractivity contribution in [3.8, 4) is 5.75 Å². The van der Waals surface area contributed by atoms with Gasteiger partial charge in [-0.05, 0) is 42.5 Å². The van der Waals surface area contributed by atoms with E-state index in [0.717, 1.165) is 32.7 Å². The Morgan fingerprint density at radius 1 is 0.963 bits per heavy atom. The Hall–Kier alpha value is -2.51. The first-order valence-corrected chi connectivity index (χ1v) is 8.97. The highest BCUT2D eigenvalue weighted by Gasteiger charge is 2.19. The van der Waals surface area contributed by atoms with Gasteiger partial charge in [0.15, 0.2) is 0 Å². The van der Waals surface area contributed by atoms with Crippen molar-refractivity contribution in [1.29, 1.82) is 0 Å². The SMILES string of the molecule is O=C(CN1CCN(CCOc2ccc(F)cc2)CC1)Nc1cccc(F)c1. The monoisotopic (exact) mass is 375 g/mol. The molecule has 2 aromatic carbocycles. The number of halogens is 2. The quantitative estimate of drug-likeness (QED) is 0.808. The van der Waals surface area contributed by atoms with E-state index in [0.29, 0.717) is 18.0 Å². The zero-order valence-electron chi connectivity index (χ0n) is 15.0. The van der Waals surface area contributed by atoms with Gasteiger partial charge in [0.1, 0.15) is 24.0 Å². The zero-order chi connectivity index (χ0) is 19.1. The van der Waals surface area contributed by atoms with Gasteiger partial charge in [-0.2, -0.15) is 0 Å². The summed E-state index contributed by atoms with van der Waals surface area (Å²) < 4.78 is 31.6. The molecular formula is C20H23F2N3O2. The van der Waals surface area contributed by atoms with Crippen LogP contribution in [0.25, 0.3) is 0 Å². The van der Waals surface area contributed by atoms with Crippen LogP contribution in [-0.2, 0) is 4.79 Å². The van der Waals surface area contributed by atoms with Gasteiger partial charge in [-0.1, -0.05) is 6.07 Å². The molecule has 1 heterocycles. The van der Waals surface area contributed by atoms with Crippen LogP contribution in [0.5, 0.6) is 5.75 Å². The summed E-state index contributed by atoms with van der Waals surface area (Å²) in [5.41, 5.74) is 0.469. The number of anilines is 1. The second-order valence-electron chi connectivity index (χ2n) is 6.48. The molecule has 144 valence electrons. The Kier molecular flexibility index (Phi) is 6.73. The second-order valence-corrected chi connectivity index (χ2v) is 6.48. The van der Waals surface area contributed by atoms with E-state index in [1.165, 1.54) is 24.3 Å². The van der Waals surface area contributed by atoms with Crippen molar-refractivity contribution in [2.24, 2.45) is 0 Å². The van der Waals surface area contributed by atoms with Gasteiger partial charge in [-0.25, -0.2) is 8.78 Å². The molecule has 1 aliphatic rings. The molecule has 1 fully saturated rings. The summed E-state index contributed by atoms with van der Waals surface area (Å²) in [6, 6.07) is 11.9. The maximum absolute atomic E-state index is 13.2. The number of amides is 1. The van der Waals surface area contributed by atoms with Crippen molar-refractivity contribution < 1.29 is 18.3 Å².